The fraction of sp³-hybridized carbons (Fsp3) is 0.700. The first-order valence-corrected chi connectivity index (χ1v) is 7.75. The molecule has 0 radical (unpaired) electrons. The molecule has 8 nitrogen and oxygen atoms in total. The lowest BCUT2D eigenvalue weighted by molar-refractivity contribution is 0.597. The summed E-state index contributed by atoms with van der Waals surface area (Å²) in [7, 11) is 2.36. The lowest BCUT2D eigenvalue weighted by Crippen LogP contribution is -2.20. The van der Waals surface area contributed by atoms with Crippen molar-refractivity contribution in [2.24, 2.45) is 0 Å². The number of nitrogens with one attached hydrogen (secondary N) is 2. The molecule has 0 aliphatic carbocycles. The van der Waals surface area contributed by atoms with Gasteiger partial charge in [0.15, 0.2) is 9.84 Å². The van der Waals surface area contributed by atoms with E-state index in [1.807, 2.05) is 14.1 Å². The third kappa shape index (κ3) is 4.86. The zero-order valence-corrected chi connectivity index (χ0v) is 12.5. The molecule has 0 aliphatic rings. The number of anilines is 3. The maximum absolute atomic E-state index is 11.4. The van der Waals surface area contributed by atoms with Crippen molar-refractivity contribution >= 4 is 27.7 Å². The average Bonchev–Trinajstić information content (AvgIpc) is 2.38. The highest BCUT2D eigenvalue weighted by atomic mass is 32.2. The smallest absolute Gasteiger partial charge is 0.231 e. The van der Waals surface area contributed by atoms with E-state index < -0.39 is 9.84 Å². The van der Waals surface area contributed by atoms with E-state index in [2.05, 4.69) is 25.6 Å². The molecule has 1 rings (SSSR count). The molecule has 0 amide bonds. The van der Waals surface area contributed by atoms with Gasteiger partial charge in [0.05, 0.1) is 5.75 Å². The molecule has 0 saturated heterocycles. The Morgan fingerprint density at radius 1 is 1.16 bits per heavy atom. The second kappa shape index (κ2) is 6.50. The predicted molar refractivity (Wildman–Crippen MR) is 76.5 cm³/mol. The van der Waals surface area contributed by atoms with Crippen molar-refractivity contribution in [2.75, 3.05) is 54.7 Å². The van der Waals surface area contributed by atoms with Crippen LogP contribution in [0.25, 0.3) is 0 Å². The molecule has 0 atom stereocenters. The molecule has 2 N–H and O–H groups in total. The van der Waals surface area contributed by atoms with Gasteiger partial charge in [0.25, 0.3) is 0 Å². The Kier molecular flexibility index (Phi) is 5.28. The first kappa shape index (κ1) is 15.4. The third-order valence-electron chi connectivity index (χ3n) is 2.38. The minimum atomic E-state index is -2.99. The Labute approximate surface area is 113 Å². The molecule has 0 unspecified atom stereocenters. The zero-order chi connectivity index (χ0) is 14.5. The van der Waals surface area contributed by atoms with Crippen LogP contribution in [0, 0.1) is 0 Å². The number of hydrogen-bond acceptors (Lipinski definition) is 8. The molecule has 0 aromatic carbocycles. The van der Waals surface area contributed by atoms with Gasteiger partial charge >= 0.3 is 0 Å². The van der Waals surface area contributed by atoms with Gasteiger partial charge < -0.3 is 15.5 Å². The summed E-state index contributed by atoms with van der Waals surface area (Å²) in [5.41, 5.74) is 0. The molecule has 0 saturated carbocycles. The van der Waals surface area contributed by atoms with Gasteiger partial charge in [0, 0.05) is 33.4 Å². The summed E-state index contributed by atoms with van der Waals surface area (Å²) < 4.78 is 22.7. The molecule has 0 fully saturated rings. The van der Waals surface area contributed by atoms with Crippen LogP contribution in [-0.4, -0.2) is 62.6 Å². The highest BCUT2D eigenvalue weighted by Crippen LogP contribution is 2.10. The van der Waals surface area contributed by atoms with E-state index >= 15 is 0 Å². The first-order valence-electron chi connectivity index (χ1n) is 5.93. The Bertz CT molecular complexity index is 517. The minimum Gasteiger partial charge on any atom is -0.357 e. The quantitative estimate of drug-likeness (QED) is 0.713. The highest BCUT2D eigenvalue weighted by molar-refractivity contribution is 7.91. The summed E-state index contributed by atoms with van der Waals surface area (Å²) in [5, 5.41) is 5.73. The second-order valence-electron chi connectivity index (χ2n) is 4.09. The number of sulfone groups is 1. The van der Waals surface area contributed by atoms with Crippen molar-refractivity contribution in [1.29, 1.82) is 0 Å². The second-order valence-corrected chi connectivity index (χ2v) is 6.56. The first-order chi connectivity index (χ1) is 8.88. The summed E-state index contributed by atoms with van der Waals surface area (Å²) >= 11 is 0. The van der Waals surface area contributed by atoms with Gasteiger partial charge in [-0.2, -0.15) is 15.0 Å². The van der Waals surface area contributed by atoms with Crippen molar-refractivity contribution in [3.63, 3.8) is 0 Å². The fourth-order valence-electron chi connectivity index (χ4n) is 1.22. The summed E-state index contributed by atoms with van der Waals surface area (Å²) in [6.45, 7) is 1.90. The van der Waals surface area contributed by atoms with Crippen molar-refractivity contribution < 1.29 is 8.42 Å². The van der Waals surface area contributed by atoms with E-state index in [-0.39, 0.29) is 18.1 Å². The Hall–Kier alpha value is -1.64. The Balaban J connectivity index is 2.75. The number of hydrogen-bond donors (Lipinski definition) is 2. The number of nitrogens with zero attached hydrogens (tertiary/aromatic N) is 4. The van der Waals surface area contributed by atoms with Crippen LogP contribution in [0.1, 0.15) is 6.92 Å². The maximum Gasteiger partial charge on any atom is 0.231 e. The molecule has 0 spiro atoms. The maximum atomic E-state index is 11.4. The molecule has 1 aromatic heterocycles. The van der Waals surface area contributed by atoms with Crippen LogP contribution in [0.4, 0.5) is 17.8 Å². The van der Waals surface area contributed by atoms with E-state index in [0.29, 0.717) is 17.8 Å². The molecule has 108 valence electrons. The number of rotatable bonds is 7. The molecular weight excluding hydrogens is 268 g/mol. The van der Waals surface area contributed by atoms with E-state index in [9.17, 15) is 8.42 Å². The molecular formula is C10H20N6O2S. The van der Waals surface area contributed by atoms with E-state index in [4.69, 9.17) is 0 Å². The Morgan fingerprint density at radius 2 is 1.79 bits per heavy atom. The predicted octanol–water partition coefficient (Wildman–Crippen LogP) is -0.174. The van der Waals surface area contributed by atoms with Crippen LogP contribution in [0.2, 0.25) is 0 Å². The third-order valence-corrected chi connectivity index (χ3v) is 4.09. The fourth-order valence-corrected chi connectivity index (χ4v) is 1.92. The van der Waals surface area contributed by atoms with Gasteiger partial charge in [0.1, 0.15) is 0 Å². The minimum absolute atomic E-state index is 0.0569. The molecule has 19 heavy (non-hydrogen) atoms. The zero-order valence-electron chi connectivity index (χ0n) is 11.6. The van der Waals surface area contributed by atoms with Gasteiger partial charge in [-0.3, -0.25) is 0 Å². The van der Waals surface area contributed by atoms with Gasteiger partial charge in [-0.25, -0.2) is 8.42 Å². The van der Waals surface area contributed by atoms with Crippen LogP contribution in [0.5, 0.6) is 0 Å². The van der Waals surface area contributed by atoms with Gasteiger partial charge in [0.2, 0.25) is 17.8 Å². The summed E-state index contributed by atoms with van der Waals surface area (Å²) in [4.78, 5) is 14.2. The average molecular weight is 288 g/mol. The van der Waals surface area contributed by atoms with Crippen molar-refractivity contribution in [3.05, 3.63) is 0 Å². The lowest BCUT2D eigenvalue weighted by Gasteiger charge is -2.13. The monoisotopic (exact) mass is 288 g/mol. The van der Waals surface area contributed by atoms with E-state index in [1.165, 1.54) is 0 Å². The van der Waals surface area contributed by atoms with E-state index in [1.54, 1.807) is 18.9 Å². The summed E-state index contributed by atoms with van der Waals surface area (Å²) in [5.74, 6) is 1.48. The Morgan fingerprint density at radius 3 is 2.32 bits per heavy atom. The lowest BCUT2D eigenvalue weighted by atomic mass is 10.7. The van der Waals surface area contributed by atoms with Gasteiger partial charge in [-0.05, 0) is 0 Å². The largest absolute Gasteiger partial charge is 0.357 e. The molecule has 9 heteroatoms. The molecule has 1 heterocycles. The van der Waals surface area contributed by atoms with Gasteiger partial charge in [-0.1, -0.05) is 6.92 Å². The molecule has 1 aromatic rings. The number of aromatic nitrogens is 3. The van der Waals surface area contributed by atoms with Crippen LogP contribution in [0.15, 0.2) is 0 Å². The van der Waals surface area contributed by atoms with Crippen LogP contribution < -0.4 is 15.5 Å². The molecule has 0 bridgehead atoms. The summed E-state index contributed by atoms with van der Waals surface area (Å²) in [6.07, 6.45) is 0. The van der Waals surface area contributed by atoms with E-state index in [0.717, 1.165) is 0 Å². The van der Waals surface area contributed by atoms with Gasteiger partial charge in [-0.15, -0.1) is 0 Å². The van der Waals surface area contributed by atoms with Crippen molar-refractivity contribution in [1.82, 2.24) is 15.0 Å². The SMILES string of the molecule is CCS(=O)(=O)CCNc1nc(NC)nc(N(C)C)n1. The normalized spacial score (nSPS) is 11.2. The topological polar surface area (TPSA) is 100 Å². The highest BCUT2D eigenvalue weighted by Gasteiger charge is 2.09. The van der Waals surface area contributed by atoms with Crippen LogP contribution in [-0.2, 0) is 9.84 Å². The standard InChI is InChI=1S/C10H20N6O2S/c1-5-19(17,18)7-6-12-9-13-8(11-2)14-10(15-9)16(3)4/h5-7H2,1-4H3,(H2,11,12,13,14,15). The molecule has 0 aliphatic heterocycles. The van der Waals surface area contributed by atoms with Crippen LogP contribution >= 0.6 is 0 Å². The summed E-state index contributed by atoms with van der Waals surface area (Å²) in [6, 6.07) is 0. The van der Waals surface area contributed by atoms with Crippen LogP contribution in [0.3, 0.4) is 0 Å². The van der Waals surface area contributed by atoms with Crippen molar-refractivity contribution in [3.8, 4) is 0 Å². The van der Waals surface area contributed by atoms with Crippen molar-refractivity contribution in [2.45, 2.75) is 6.92 Å².